The van der Waals surface area contributed by atoms with Crippen LogP contribution in [0.15, 0.2) is 16.6 Å². The lowest BCUT2D eigenvalue weighted by Gasteiger charge is -2.23. The molecule has 0 aliphatic rings. The molecule has 0 amide bonds. The zero-order valence-corrected chi connectivity index (χ0v) is 13.4. The van der Waals surface area contributed by atoms with Gasteiger partial charge < -0.3 is 5.73 Å². The second kappa shape index (κ2) is 7.27. The summed E-state index contributed by atoms with van der Waals surface area (Å²) in [7, 11) is 0. The highest BCUT2D eigenvalue weighted by atomic mass is 79.9. The second-order valence-corrected chi connectivity index (χ2v) is 6.59. The molecule has 0 aliphatic carbocycles. The lowest BCUT2D eigenvalue weighted by atomic mass is 9.83. The number of carbonyl (C=O) groups is 1. The average Bonchev–Trinajstić information content (AvgIpc) is 2.37. The number of halogens is 3. The van der Waals surface area contributed by atoms with Gasteiger partial charge in [0, 0.05) is 18.4 Å². The predicted molar refractivity (Wildman–Crippen MR) is 79.5 cm³/mol. The second-order valence-electron chi connectivity index (χ2n) is 5.74. The molecule has 0 aromatic heterocycles. The van der Waals surface area contributed by atoms with Crippen LogP contribution >= 0.6 is 15.9 Å². The van der Waals surface area contributed by atoms with Gasteiger partial charge in [-0.3, -0.25) is 4.79 Å². The molecular formula is C15H20BrF2NO. The molecule has 0 radical (unpaired) electrons. The Labute approximate surface area is 126 Å². The lowest BCUT2D eigenvalue weighted by molar-refractivity contribution is -0.119. The van der Waals surface area contributed by atoms with Crippen LogP contribution < -0.4 is 5.73 Å². The van der Waals surface area contributed by atoms with Gasteiger partial charge in [-0.1, -0.05) is 13.8 Å². The summed E-state index contributed by atoms with van der Waals surface area (Å²) in [6, 6.07) is 2.46. The number of Topliss-reactive ketones (excluding diaryl/α,β-unsaturated/α-hetero) is 1. The van der Waals surface area contributed by atoms with Gasteiger partial charge in [0.25, 0.3) is 0 Å². The monoisotopic (exact) mass is 347 g/mol. The third-order valence-corrected chi connectivity index (χ3v) is 4.03. The summed E-state index contributed by atoms with van der Waals surface area (Å²) in [5, 5.41) is 0. The summed E-state index contributed by atoms with van der Waals surface area (Å²) in [5.41, 5.74) is 5.32. The first-order valence-corrected chi connectivity index (χ1v) is 7.40. The molecule has 0 spiro atoms. The van der Waals surface area contributed by atoms with Crippen molar-refractivity contribution in [3.05, 3.63) is 33.8 Å². The van der Waals surface area contributed by atoms with Gasteiger partial charge >= 0.3 is 0 Å². The Morgan fingerprint density at radius 2 is 1.95 bits per heavy atom. The summed E-state index contributed by atoms with van der Waals surface area (Å²) in [6.45, 7) is 4.64. The lowest BCUT2D eigenvalue weighted by Crippen LogP contribution is -2.19. The summed E-state index contributed by atoms with van der Waals surface area (Å²) in [4.78, 5) is 11.9. The third-order valence-electron chi connectivity index (χ3n) is 3.41. The third kappa shape index (κ3) is 4.94. The molecule has 2 N–H and O–H groups in total. The van der Waals surface area contributed by atoms with Crippen molar-refractivity contribution >= 4 is 21.7 Å². The van der Waals surface area contributed by atoms with E-state index in [1.807, 2.05) is 13.8 Å². The Kier molecular flexibility index (Phi) is 6.27. The Balaban J connectivity index is 2.66. The van der Waals surface area contributed by atoms with E-state index < -0.39 is 11.6 Å². The van der Waals surface area contributed by atoms with Crippen LogP contribution in [-0.2, 0) is 11.2 Å². The number of hydrogen-bond donors (Lipinski definition) is 1. The minimum absolute atomic E-state index is 0.0290. The van der Waals surface area contributed by atoms with E-state index in [0.29, 0.717) is 19.4 Å². The molecule has 5 heteroatoms. The van der Waals surface area contributed by atoms with Crippen LogP contribution in [0.5, 0.6) is 0 Å². The molecule has 2 nitrogen and oxygen atoms in total. The largest absolute Gasteiger partial charge is 0.330 e. The van der Waals surface area contributed by atoms with Crippen molar-refractivity contribution in [3.8, 4) is 0 Å². The SMILES string of the molecule is CC(C)(CCN)CCC(=O)Cc1c(F)ccc(Br)c1F. The maximum atomic E-state index is 13.8. The highest BCUT2D eigenvalue weighted by molar-refractivity contribution is 9.10. The van der Waals surface area contributed by atoms with Crippen molar-refractivity contribution in [3.63, 3.8) is 0 Å². The fourth-order valence-electron chi connectivity index (χ4n) is 2.01. The van der Waals surface area contributed by atoms with Crippen molar-refractivity contribution < 1.29 is 13.6 Å². The van der Waals surface area contributed by atoms with Crippen LogP contribution in [0.25, 0.3) is 0 Å². The molecule has 112 valence electrons. The van der Waals surface area contributed by atoms with E-state index in [9.17, 15) is 13.6 Å². The molecule has 1 aromatic rings. The number of benzene rings is 1. The summed E-state index contributed by atoms with van der Waals surface area (Å²) >= 11 is 2.99. The molecular weight excluding hydrogens is 328 g/mol. The number of carbonyl (C=O) groups excluding carboxylic acids is 1. The molecule has 0 fully saturated rings. The van der Waals surface area contributed by atoms with E-state index >= 15 is 0 Å². The molecule has 0 aliphatic heterocycles. The van der Waals surface area contributed by atoms with Gasteiger partial charge in [-0.2, -0.15) is 0 Å². The molecule has 0 bridgehead atoms. The van der Waals surface area contributed by atoms with E-state index in [2.05, 4.69) is 15.9 Å². The molecule has 0 heterocycles. The normalized spacial score (nSPS) is 11.7. The minimum Gasteiger partial charge on any atom is -0.330 e. The molecule has 1 aromatic carbocycles. The van der Waals surface area contributed by atoms with Crippen LogP contribution in [0.1, 0.15) is 38.7 Å². The summed E-state index contributed by atoms with van der Waals surface area (Å²) in [5.74, 6) is -1.54. The van der Waals surface area contributed by atoms with Crippen LogP contribution in [0.3, 0.4) is 0 Å². The smallest absolute Gasteiger partial charge is 0.143 e. The fourth-order valence-corrected chi connectivity index (χ4v) is 2.38. The summed E-state index contributed by atoms with van der Waals surface area (Å²) < 4.78 is 27.5. The zero-order valence-electron chi connectivity index (χ0n) is 11.8. The minimum atomic E-state index is -0.695. The molecule has 0 atom stereocenters. The van der Waals surface area contributed by atoms with E-state index in [0.717, 1.165) is 12.5 Å². The van der Waals surface area contributed by atoms with Gasteiger partial charge in [-0.15, -0.1) is 0 Å². The van der Waals surface area contributed by atoms with Crippen LogP contribution in [0.2, 0.25) is 0 Å². The van der Waals surface area contributed by atoms with Crippen molar-refractivity contribution in [1.29, 1.82) is 0 Å². The number of rotatable bonds is 7. The topological polar surface area (TPSA) is 43.1 Å². The first kappa shape index (κ1) is 17.2. The van der Waals surface area contributed by atoms with E-state index in [1.165, 1.54) is 6.07 Å². The Morgan fingerprint density at radius 3 is 2.55 bits per heavy atom. The van der Waals surface area contributed by atoms with Gasteiger partial charge in [0.2, 0.25) is 0 Å². The Bertz CT molecular complexity index is 489. The van der Waals surface area contributed by atoms with Gasteiger partial charge in [-0.25, -0.2) is 8.78 Å². The average molecular weight is 348 g/mol. The number of ketones is 1. The number of hydrogen-bond acceptors (Lipinski definition) is 2. The van der Waals surface area contributed by atoms with E-state index in [-0.39, 0.29) is 27.7 Å². The molecule has 0 saturated heterocycles. The predicted octanol–water partition coefficient (Wildman–Crippen LogP) is 3.99. The quantitative estimate of drug-likeness (QED) is 0.757. The molecule has 0 saturated carbocycles. The highest BCUT2D eigenvalue weighted by Gasteiger charge is 2.20. The first-order valence-electron chi connectivity index (χ1n) is 6.61. The van der Waals surface area contributed by atoms with Gasteiger partial charge in [-0.05, 0) is 52.9 Å². The molecule has 20 heavy (non-hydrogen) atoms. The van der Waals surface area contributed by atoms with Gasteiger partial charge in [0.05, 0.1) is 4.47 Å². The van der Waals surface area contributed by atoms with Crippen molar-refractivity contribution in [2.45, 2.75) is 39.5 Å². The van der Waals surface area contributed by atoms with Crippen molar-refractivity contribution in [2.75, 3.05) is 6.54 Å². The van der Waals surface area contributed by atoms with Crippen LogP contribution in [0.4, 0.5) is 8.78 Å². The molecule has 0 unspecified atom stereocenters. The van der Waals surface area contributed by atoms with Gasteiger partial charge in [0.1, 0.15) is 17.4 Å². The maximum Gasteiger partial charge on any atom is 0.143 e. The van der Waals surface area contributed by atoms with Crippen molar-refractivity contribution in [1.82, 2.24) is 0 Å². The van der Waals surface area contributed by atoms with Gasteiger partial charge in [0.15, 0.2) is 0 Å². The maximum absolute atomic E-state index is 13.8. The van der Waals surface area contributed by atoms with Crippen molar-refractivity contribution in [2.24, 2.45) is 11.1 Å². The van der Waals surface area contributed by atoms with E-state index in [1.54, 1.807) is 0 Å². The molecule has 1 rings (SSSR count). The standard InChI is InChI=1S/C15H20BrF2NO/c1-15(2,7-8-19)6-5-10(20)9-11-13(17)4-3-12(16)14(11)18/h3-4H,5-9,19H2,1-2H3. The Morgan fingerprint density at radius 1 is 1.30 bits per heavy atom. The van der Waals surface area contributed by atoms with Crippen LogP contribution in [-0.4, -0.2) is 12.3 Å². The first-order chi connectivity index (χ1) is 9.26. The zero-order chi connectivity index (χ0) is 15.3. The highest BCUT2D eigenvalue weighted by Crippen LogP contribution is 2.27. The Hall–Kier alpha value is -0.810. The van der Waals surface area contributed by atoms with Crippen LogP contribution in [0, 0.1) is 17.0 Å². The number of nitrogens with two attached hydrogens (primary N) is 1. The van der Waals surface area contributed by atoms with E-state index in [4.69, 9.17) is 5.73 Å². The fraction of sp³-hybridized carbons (Fsp3) is 0.533. The summed E-state index contributed by atoms with van der Waals surface area (Å²) in [6.07, 6.45) is 1.58.